The van der Waals surface area contributed by atoms with E-state index in [1.54, 1.807) is 6.08 Å². The first kappa shape index (κ1) is 6.58. The highest BCUT2D eigenvalue weighted by Gasteiger charge is 2.27. The van der Waals surface area contributed by atoms with Gasteiger partial charge in [0.2, 0.25) is 0 Å². The molecule has 3 heteroatoms. The Kier molecular flexibility index (Phi) is 1.31. The lowest BCUT2D eigenvalue weighted by atomic mass is 10.0. The van der Waals surface area contributed by atoms with Crippen LogP contribution < -0.4 is 0 Å². The molecule has 0 saturated heterocycles. The summed E-state index contributed by atoms with van der Waals surface area (Å²) in [7, 11) is 0. The molecule has 1 heterocycles. The van der Waals surface area contributed by atoms with Crippen LogP contribution >= 0.6 is 0 Å². The quantitative estimate of drug-likeness (QED) is 0.519. The van der Waals surface area contributed by atoms with Crippen molar-refractivity contribution < 1.29 is 9.53 Å². The summed E-state index contributed by atoms with van der Waals surface area (Å²) in [6.07, 6.45) is 3.03. The van der Waals surface area contributed by atoms with Crippen molar-refractivity contribution in [3.63, 3.8) is 0 Å². The topological polar surface area (TPSA) is 38.7 Å². The number of fused-ring (bicyclic) bond motifs is 1. The number of hydrogen-bond donors (Lipinski definition) is 0. The van der Waals surface area contributed by atoms with Crippen LogP contribution in [0.15, 0.2) is 16.8 Å². The van der Waals surface area contributed by atoms with Gasteiger partial charge in [0.05, 0.1) is 5.70 Å². The number of nitrogens with zero attached hydrogens (tertiary/aromatic N) is 1. The third-order valence-corrected chi connectivity index (χ3v) is 1.89. The molecule has 0 aromatic carbocycles. The van der Waals surface area contributed by atoms with Gasteiger partial charge < -0.3 is 4.74 Å². The highest BCUT2D eigenvalue weighted by molar-refractivity contribution is 5.93. The smallest absolute Gasteiger partial charge is 0.185 e. The minimum atomic E-state index is 0.0627. The van der Waals surface area contributed by atoms with Gasteiger partial charge in [-0.2, -0.15) is 0 Å². The molecule has 0 spiro atoms. The van der Waals surface area contributed by atoms with Crippen LogP contribution in [-0.2, 0) is 9.53 Å². The van der Waals surface area contributed by atoms with E-state index >= 15 is 0 Å². The van der Waals surface area contributed by atoms with Crippen molar-refractivity contribution in [1.29, 1.82) is 0 Å². The molecule has 1 aliphatic heterocycles. The van der Waals surface area contributed by atoms with Gasteiger partial charge in [0.1, 0.15) is 6.10 Å². The molecule has 3 nitrogen and oxygen atoms in total. The normalized spacial score (nSPS) is 28.8. The van der Waals surface area contributed by atoms with Crippen molar-refractivity contribution in [2.45, 2.75) is 25.9 Å². The third kappa shape index (κ3) is 1.06. The summed E-state index contributed by atoms with van der Waals surface area (Å²) >= 11 is 0. The molecule has 1 atom stereocenters. The predicted octanol–water partition coefficient (Wildman–Crippen LogP) is 1.05. The Morgan fingerprint density at radius 1 is 1.73 bits per heavy atom. The number of carbonyl (C=O) groups excluding carboxylic acids is 1. The van der Waals surface area contributed by atoms with Crippen molar-refractivity contribution in [2.75, 3.05) is 0 Å². The molecule has 11 heavy (non-hydrogen) atoms. The molecule has 1 unspecified atom stereocenters. The van der Waals surface area contributed by atoms with E-state index in [0.717, 1.165) is 12.1 Å². The van der Waals surface area contributed by atoms with E-state index in [9.17, 15) is 4.79 Å². The van der Waals surface area contributed by atoms with E-state index in [1.807, 2.05) is 6.92 Å². The largest absolute Gasteiger partial charge is 0.471 e. The Morgan fingerprint density at radius 2 is 2.55 bits per heavy atom. The number of rotatable bonds is 0. The molecule has 0 amide bonds. The SMILES string of the molecule is CC1=NC2=CC(=O)CCC2O1. The molecule has 0 aromatic rings. The summed E-state index contributed by atoms with van der Waals surface area (Å²) in [6, 6.07) is 0. The van der Waals surface area contributed by atoms with E-state index in [2.05, 4.69) is 4.99 Å². The maximum atomic E-state index is 10.9. The second-order valence-electron chi connectivity index (χ2n) is 2.81. The standard InChI is InChI=1S/C8H9NO2/c1-5-9-7-4-6(10)2-3-8(7)11-5/h4,8H,2-3H2,1H3. The fourth-order valence-electron chi connectivity index (χ4n) is 1.39. The van der Waals surface area contributed by atoms with Crippen LogP contribution in [0.2, 0.25) is 0 Å². The van der Waals surface area contributed by atoms with E-state index in [4.69, 9.17) is 4.74 Å². The predicted molar refractivity (Wildman–Crippen MR) is 40.3 cm³/mol. The minimum Gasteiger partial charge on any atom is -0.471 e. The lowest BCUT2D eigenvalue weighted by Crippen LogP contribution is -2.17. The van der Waals surface area contributed by atoms with Crippen molar-refractivity contribution in [1.82, 2.24) is 0 Å². The van der Waals surface area contributed by atoms with Crippen molar-refractivity contribution >= 4 is 11.7 Å². The molecule has 58 valence electrons. The molecule has 0 bridgehead atoms. The van der Waals surface area contributed by atoms with E-state index in [1.165, 1.54) is 0 Å². The zero-order valence-electron chi connectivity index (χ0n) is 6.33. The molecular formula is C8H9NO2. The summed E-state index contributed by atoms with van der Waals surface area (Å²) < 4.78 is 5.34. The summed E-state index contributed by atoms with van der Waals surface area (Å²) in [5, 5.41) is 0. The zero-order valence-corrected chi connectivity index (χ0v) is 6.33. The van der Waals surface area contributed by atoms with Crippen LogP contribution in [0.3, 0.4) is 0 Å². The highest BCUT2D eigenvalue weighted by atomic mass is 16.5. The second kappa shape index (κ2) is 2.19. The Balaban J connectivity index is 2.30. The van der Waals surface area contributed by atoms with Crippen LogP contribution in [0.1, 0.15) is 19.8 Å². The van der Waals surface area contributed by atoms with Gasteiger partial charge in [-0.25, -0.2) is 4.99 Å². The Hall–Kier alpha value is -1.12. The minimum absolute atomic E-state index is 0.0627. The number of aliphatic imine (C=N–C) groups is 1. The molecular weight excluding hydrogens is 142 g/mol. The van der Waals surface area contributed by atoms with Gasteiger partial charge in [0, 0.05) is 19.4 Å². The monoisotopic (exact) mass is 151 g/mol. The zero-order chi connectivity index (χ0) is 7.84. The van der Waals surface area contributed by atoms with Crippen LogP contribution in [0.5, 0.6) is 0 Å². The van der Waals surface area contributed by atoms with E-state index in [0.29, 0.717) is 12.3 Å². The average molecular weight is 151 g/mol. The second-order valence-corrected chi connectivity index (χ2v) is 2.81. The third-order valence-electron chi connectivity index (χ3n) is 1.89. The summed E-state index contributed by atoms with van der Waals surface area (Å²) in [5.41, 5.74) is 0.804. The molecule has 0 N–H and O–H groups in total. The molecule has 1 aliphatic carbocycles. The van der Waals surface area contributed by atoms with Crippen LogP contribution in [0, 0.1) is 0 Å². The maximum absolute atomic E-state index is 10.9. The fraction of sp³-hybridized carbons (Fsp3) is 0.500. The number of ether oxygens (including phenoxy) is 1. The van der Waals surface area contributed by atoms with Gasteiger partial charge in [0.25, 0.3) is 0 Å². The molecule has 0 aromatic heterocycles. The summed E-state index contributed by atoms with van der Waals surface area (Å²) in [5.74, 6) is 0.842. The Morgan fingerprint density at radius 3 is 3.36 bits per heavy atom. The van der Waals surface area contributed by atoms with Crippen LogP contribution in [0.25, 0.3) is 0 Å². The van der Waals surface area contributed by atoms with Gasteiger partial charge in [-0.15, -0.1) is 0 Å². The van der Waals surface area contributed by atoms with Gasteiger partial charge in [0.15, 0.2) is 11.7 Å². The Bertz CT molecular complexity index is 265. The highest BCUT2D eigenvalue weighted by Crippen LogP contribution is 2.25. The van der Waals surface area contributed by atoms with Gasteiger partial charge >= 0.3 is 0 Å². The van der Waals surface area contributed by atoms with Crippen LogP contribution in [-0.4, -0.2) is 17.8 Å². The molecule has 2 aliphatic rings. The van der Waals surface area contributed by atoms with Gasteiger partial charge in [-0.3, -0.25) is 4.79 Å². The fourth-order valence-corrected chi connectivity index (χ4v) is 1.39. The molecule has 0 radical (unpaired) electrons. The number of allylic oxidation sites excluding steroid dienone is 1. The molecule has 2 rings (SSSR count). The van der Waals surface area contributed by atoms with Crippen molar-refractivity contribution in [3.05, 3.63) is 11.8 Å². The van der Waals surface area contributed by atoms with E-state index in [-0.39, 0.29) is 11.9 Å². The number of hydrogen-bond acceptors (Lipinski definition) is 3. The van der Waals surface area contributed by atoms with E-state index < -0.39 is 0 Å². The first-order valence-electron chi connectivity index (χ1n) is 3.72. The van der Waals surface area contributed by atoms with Gasteiger partial charge in [-0.05, 0) is 6.42 Å². The number of carbonyl (C=O) groups is 1. The number of ketones is 1. The lowest BCUT2D eigenvalue weighted by Gasteiger charge is -2.13. The Labute approximate surface area is 64.8 Å². The lowest BCUT2D eigenvalue weighted by molar-refractivity contribution is -0.115. The first-order valence-corrected chi connectivity index (χ1v) is 3.72. The van der Waals surface area contributed by atoms with Crippen molar-refractivity contribution in [2.24, 2.45) is 4.99 Å². The summed E-state index contributed by atoms with van der Waals surface area (Å²) in [4.78, 5) is 15.0. The summed E-state index contributed by atoms with van der Waals surface area (Å²) in [6.45, 7) is 1.81. The van der Waals surface area contributed by atoms with Crippen molar-refractivity contribution in [3.8, 4) is 0 Å². The first-order chi connectivity index (χ1) is 5.25. The molecule has 0 fully saturated rings. The maximum Gasteiger partial charge on any atom is 0.185 e. The average Bonchev–Trinajstić information content (AvgIpc) is 2.27. The van der Waals surface area contributed by atoms with Crippen LogP contribution in [0.4, 0.5) is 0 Å². The molecule has 0 saturated carbocycles. The van der Waals surface area contributed by atoms with Gasteiger partial charge in [-0.1, -0.05) is 0 Å².